The van der Waals surface area contributed by atoms with Gasteiger partial charge in [0, 0.05) is 16.9 Å². The smallest absolute Gasteiger partial charge is 0.149 e. The van der Waals surface area contributed by atoms with Gasteiger partial charge in [-0.25, -0.2) is 8.42 Å². The van der Waals surface area contributed by atoms with Gasteiger partial charge in [0.25, 0.3) is 0 Å². The molecule has 4 nitrogen and oxygen atoms in total. The van der Waals surface area contributed by atoms with Gasteiger partial charge in [-0.15, -0.1) is 0 Å². The number of nitrogens with two attached hydrogens (primary N) is 1. The first-order valence-electron chi connectivity index (χ1n) is 3.93. The Morgan fingerprint density at radius 2 is 2.21 bits per heavy atom. The van der Waals surface area contributed by atoms with Gasteiger partial charge in [-0.05, 0) is 28.1 Å². The van der Waals surface area contributed by atoms with E-state index >= 15 is 0 Å². The monoisotopic (exact) mass is 278 g/mol. The largest absolute Gasteiger partial charge is 0.322 e. The summed E-state index contributed by atoms with van der Waals surface area (Å²) in [4.78, 5) is 4.03. The maximum absolute atomic E-state index is 11.0. The van der Waals surface area contributed by atoms with Gasteiger partial charge in [0.1, 0.15) is 9.84 Å². The molecule has 1 unspecified atom stereocenters. The molecule has 1 rings (SSSR count). The third kappa shape index (κ3) is 3.73. The lowest BCUT2D eigenvalue weighted by molar-refractivity contribution is 0.593. The Kier molecular flexibility index (Phi) is 3.63. The molecule has 0 spiro atoms. The number of nitrogens with zero attached hydrogens (tertiary/aromatic N) is 1. The number of hydrogen-bond acceptors (Lipinski definition) is 4. The van der Waals surface area contributed by atoms with Crippen molar-refractivity contribution in [1.82, 2.24) is 4.98 Å². The second-order valence-corrected chi connectivity index (χ2v) is 6.20. The molecule has 0 fully saturated rings. The highest BCUT2D eigenvalue weighted by Gasteiger charge is 2.13. The van der Waals surface area contributed by atoms with E-state index in [0.29, 0.717) is 5.69 Å². The Morgan fingerprint density at radius 3 is 2.64 bits per heavy atom. The van der Waals surface area contributed by atoms with Crippen LogP contribution >= 0.6 is 15.9 Å². The van der Waals surface area contributed by atoms with Crippen molar-refractivity contribution in [3.63, 3.8) is 0 Å². The minimum Gasteiger partial charge on any atom is -0.322 e. The Morgan fingerprint density at radius 1 is 1.57 bits per heavy atom. The normalized spacial score (nSPS) is 13.9. The molecule has 0 amide bonds. The van der Waals surface area contributed by atoms with Crippen LogP contribution in [0.15, 0.2) is 22.8 Å². The average molecular weight is 279 g/mol. The van der Waals surface area contributed by atoms with Crippen LogP contribution in [0.4, 0.5) is 0 Å². The van der Waals surface area contributed by atoms with Crippen molar-refractivity contribution < 1.29 is 8.42 Å². The summed E-state index contributed by atoms with van der Waals surface area (Å²) >= 11 is 3.23. The summed E-state index contributed by atoms with van der Waals surface area (Å²) in [6, 6.07) is 2.93. The van der Waals surface area contributed by atoms with Crippen LogP contribution < -0.4 is 5.73 Å². The van der Waals surface area contributed by atoms with E-state index in [1.807, 2.05) is 0 Å². The van der Waals surface area contributed by atoms with Gasteiger partial charge in [0.05, 0.1) is 17.5 Å². The van der Waals surface area contributed by atoms with Crippen LogP contribution in [0.1, 0.15) is 11.7 Å². The summed E-state index contributed by atoms with van der Waals surface area (Å²) in [5, 5.41) is 0. The average Bonchev–Trinajstić information content (AvgIpc) is 2.02. The predicted molar refractivity (Wildman–Crippen MR) is 58.6 cm³/mol. The van der Waals surface area contributed by atoms with E-state index in [1.54, 1.807) is 18.3 Å². The van der Waals surface area contributed by atoms with Gasteiger partial charge >= 0.3 is 0 Å². The number of sulfone groups is 1. The maximum Gasteiger partial charge on any atom is 0.149 e. The summed E-state index contributed by atoms with van der Waals surface area (Å²) in [5.41, 5.74) is 6.26. The van der Waals surface area contributed by atoms with E-state index in [-0.39, 0.29) is 5.75 Å². The number of pyridine rings is 1. The Hall–Kier alpha value is -0.460. The molecule has 1 atom stereocenters. The van der Waals surface area contributed by atoms with Gasteiger partial charge < -0.3 is 5.73 Å². The van der Waals surface area contributed by atoms with E-state index in [0.717, 1.165) is 10.7 Å². The first-order valence-corrected chi connectivity index (χ1v) is 6.78. The van der Waals surface area contributed by atoms with Crippen molar-refractivity contribution in [3.05, 3.63) is 28.5 Å². The molecule has 0 radical (unpaired) electrons. The van der Waals surface area contributed by atoms with Gasteiger partial charge in [0.15, 0.2) is 0 Å². The van der Waals surface area contributed by atoms with Crippen molar-refractivity contribution in [2.45, 2.75) is 6.04 Å². The lowest BCUT2D eigenvalue weighted by Gasteiger charge is -2.09. The Bertz CT molecular complexity index is 402. The molecule has 0 aliphatic rings. The molecule has 14 heavy (non-hydrogen) atoms. The van der Waals surface area contributed by atoms with Crippen molar-refractivity contribution in [3.8, 4) is 0 Å². The molecule has 0 aliphatic carbocycles. The molecule has 2 N–H and O–H groups in total. The molecule has 78 valence electrons. The standard InChI is InChI=1S/C8H11BrN2O2S/c1-14(12,13)5-7(10)8-3-2-6(9)4-11-8/h2-4,7H,5,10H2,1H3. The van der Waals surface area contributed by atoms with Crippen molar-refractivity contribution in [2.24, 2.45) is 5.73 Å². The van der Waals surface area contributed by atoms with Crippen LogP contribution in [0.25, 0.3) is 0 Å². The number of aromatic nitrogens is 1. The minimum absolute atomic E-state index is 0.0817. The van der Waals surface area contributed by atoms with Crippen LogP contribution in [-0.4, -0.2) is 25.4 Å². The van der Waals surface area contributed by atoms with Crippen LogP contribution in [0, 0.1) is 0 Å². The summed E-state index contributed by atoms with van der Waals surface area (Å²) in [6.45, 7) is 0. The number of hydrogen-bond donors (Lipinski definition) is 1. The molecule has 0 saturated heterocycles. The molecule has 0 saturated carbocycles. The highest BCUT2D eigenvalue weighted by atomic mass is 79.9. The summed E-state index contributed by atoms with van der Waals surface area (Å²) < 4.78 is 22.8. The fraction of sp³-hybridized carbons (Fsp3) is 0.375. The third-order valence-electron chi connectivity index (χ3n) is 1.61. The molecular formula is C8H11BrN2O2S. The third-order valence-corrected chi connectivity index (χ3v) is 3.05. The molecule has 0 aromatic carbocycles. The van der Waals surface area contributed by atoms with Crippen LogP contribution in [0.5, 0.6) is 0 Å². The van der Waals surface area contributed by atoms with Crippen molar-refractivity contribution in [2.75, 3.05) is 12.0 Å². The topological polar surface area (TPSA) is 73.0 Å². The molecule has 1 aromatic rings. The zero-order chi connectivity index (χ0) is 10.8. The van der Waals surface area contributed by atoms with Gasteiger partial charge in [-0.1, -0.05) is 0 Å². The zero-order valence-electron chi connectivity index (χ0n) is 7.64. The fourth-order valence-corrected chi connectivity index (χ4v) is 2.08. The van der Waals surface area contributed by atoms with Crippen LogP contribution in [0.3, 0.4) is 0 Å². The number of rotatable bonds is 3. The van der Waals surface area contributed by atoms with Gasteiger partial charge in [0.2, 0.25) is 0 Å². The van der Waals surface area contributed by atoms with E-state index in [2.05, 4.69) is 20.9 Å². The quantitative estimate of drug-likeness (QED) is 0.891. The minimum atomic E-state index is -3.06. The van der Waals surface area contributed by atoms with Gasteiger partial charge in [-0.2, -0.15) is 0 Å². The van der Waals surface area contributed by atoms with E-state index in [4.69, 9.17) is 5.73 Å². The fourth-order valence-electron chi connectivity index (χ4n) is 1.02. The van der Waals surface area contributed by atoms with Crippen molar-refractivity contribution >= 4 is 25.8 Å². The lowest BCUT2D eigenvalue weighted by Crippen LogP contribution is -2.21. The first kappa shape index (κ1) is 11.6. The molecule has 1 heterocycles. The van der Waals surface area contributed by atoms with E-state index < -0.39 is 15.9 Å². The lowest BCUT2D eigenvalue weighted by atomic mass is 10.2. The second kappa shape index (κ2) is 4.37. The highest BCUT2D eigenvalue weighted by Crippen LogP contribution is 2.13. The molecular weight excluding hydrogens is 268 g/mol. The molecule has 1 aromatic heterocycles. The van der Waals surface area contributed by atoms with Crippen molar-refractivity contribution in [1.29, 1.82) is 0 Å². The predicted octanol–water partition coefficient (Wildman–Crippen LogP) is 0.888. The SMILES string of the molecule is CS(=O)(=O)CC(N)c1ccc(Br)cn1. The van der Waals surface area contributed by atoms with Crippen LogP contribution in [0.2, 0.25) is 0 Å². The van der Waals surface area contributed by atoms with Crippen LogP contribution in [-0.2, 0) is 9.84 Å². The van der Waals surface area contributed by atoms with E-state index in [9.17, 15) is 8.42 Å². The molecule has 0 aliphatic heterocycles. The number of halogens is 1. The maximum atomic E-state index is 11.0. The first-order chi connectivity index (χ1) is 6.38. The molecule has 0 bridgehead atoms. The second-order valence-electron chi connectivity index (χ2n) is 3.10. The van der Waals surface area contributed by atoms with Gasteiger partial charge in [-0.3, -0.25) is 4.98 Å². The van der Waals surface area contributed by atoms with E-state index in [1.165, 1.54) is 0 Å². The Balaban J connectivity index is 2.80. The summed E-state index contributed by atoms with van der Waals surface area (Å²) in [7, 11) is -3.06. The summed E-state index contributed by atoms with van der Waals surface area (Å²) in [6.07, 6.45) is 2.75. The Labute approximate surface area is 91.6 Å². The zero-order valence-corrected chi connectivity index (χ0v) is 10.0. The molecule has 6 heteroatoms. The highest BCUT2D eigenvalue weighted by molar-refractivity contribution is 9.10. The summed E-state index contributed by atoms with van der Waals surface area (Å²) in [5.74, 6) is -0.0817.